The van der Waals surface area contributed by atoms with Crippen LogP contribution in [0.5, 0.6) is 0 Å². The van der Waals surface area contributed by atoms with Crippen LogP contribution in [0.1, 0.15) is 36.4 Å². The Kier molecular flexibility index (Phi) is 5.77. The van der Waals surface area contributed by atoms with Gasteiger partial charge in [-0.05, 0) is 66.3 Å². The van der Waals surface area contributed by atoms with Crippen LogP contribution in [0.4, 0.5) is 0 Å². The molecule has 144 valence electrons. The number of amides is 1. The van der Waals surface area contributed by atoms with Crippen LogP contribution in [-0.2, 0) is 4.79 Å². The fraction of sp³-hybridized carbons (Fsp3) is 0.273. The van der Waals surface area contributed by atoms with Gasteiger partial charge in [-0.25, -0.2) is 5.01 Å². The molecule has 2 aromatic rings. The maximum absolute atomic E-state index is 12.5. The Morgan fingerprint density at radius 2 is 1.71 bits per heavy atom. The summed E-state index contributed by atoms with van der Waals surface area (Å²) in [6.07, 6.45) is 5.12. The molecule has 4 rings (SSSR count). The van der Waals surface area contributed by atoms with Crippen LogP contribution in [0.25, 0.3) is 6.08 Å². The first-order valence-corrected chi connectivity index (χ1v) is 10.5. The monoisotopic (exact) mass is 432 g/mol. The first-order chi connectivity index (χ1) is 13.6. The summed E-state index contributed by atoms with van der Waals surface area (Å²) in [5.41, 5.74) is 4.26. The molecule has 6 heteroatoms. The number of hydrazone groups is 1. The van der Waals surface area contributed by atoms with E-state index in [1.54, 1.807) is 5.01 Å². The number of allylic oxidation sites excluding steroid dienone is 1. The van der Waals surface area contributed by atoms with Crippen LogP contribution < -0.4 is 0 Å². The summed E-state index contributed by atoms with van der Waals surface area (Å²) < 4.78 is 0. The van der Waals surface area contributed by atoms with Gasteiger partial charge in [-0.2, -0.15) is 5.10 Å². The zero-order chi connectivity index (χ0) is 19.7. The van der Waals surface area contributed by atoms with Crippen LogP contribution in [0.15, 0.2) is 59.2 Å². The first kappa shape index (κ1) is 19.5. The van der Waals surface area contributed by atoms with Crippen LogP contribution >= 0.6 is 34.8 Å². The Labute approximate surface area is 179 Å². The largest absolute Gasteiger partial charge is 0.272 e. The van der Waals surface area contributed by atoms with Crippen LogP contribution in [0.3, 0.4) is 0 Å². The number of carbonyl (C=O) groups is 1. The Bertz CT molecular complexity index is 935. The highest BCUT2D eigenvalue weighted by Gasteiger charge is 2.43. The predicted molar refractivity (Wildman–Crippen MR) is 116 cm³/mol. The second-order valence-electron chi connectivity index (χ2n) is 7.07. The summed E-state index contributed by atoms with van der Waals surface area (Å²) in [4.78, 5) is 12.5. The maximum Gasteiger partial charge on any atom is 0.258 e. The molecule has 0 aromatic heterocycles. The molecule has 0 saturated heterocycles. The predicted octanol–water partition coefficient (Wildman–Crippen LogP) is 6.36. The van der Waals surface area contributed by atoms with E-state index in [0.29, 0.717) is 10.0 Å². The first-order valence-electron chi connectivity index (χ1n) is 9.25. The molecule has 1 amide bonds. The van der Waals surface area contributed by atoms with Gasteiger partial charge in [0.25, 0.3) is 5.91 Å². The van der Waals surface area contributed by atoms with Crippen molar-refractivity contribution in [3.05, 3.63) is 75.3 Å². The van der Waals surface area contributed by atoms with Gasteiger partial charge < -0.3 is 0 Å². The average molecular weight is 434 g/mol. The minimum absolute atomic E-state index is 0.0934. The van der Waals surface area contributed by atoms with Crippen molar-refractivity contribution in [2.45, 2.75) is 25.3 Å². The number of alkyl halides is 1. The molecule has 2 atom stereocenters. The normalized spacial score (nSPS) is 22.9. The van der Waals surface area contributed by atoms with Gasteiger partial charge in [0, 0.05) is 16.0 Å². The van der Waals surface area contributed by atoms with Crippen LogP contribution in [0, 0.1) is 5.92 Å². The molecule has 3 nitrogen and oxygen atoms in total. The van der Waals surface area contributed by atoms with Gasteiger partial charge in [-0.3, -0.25) is 4.79 Å². The molecule has 0 bridgehead atoms. The van der Waals surface area contributed by atoms with Crippen molar-refractivity contribution in [2.75, 3.05) is 5.88 Å². The van der Waals surface area contributed by atoms with Crippen molar-refractivity contribution in [2.24, 2.45) is 11.0 Å². The minimum atomic E-state index is -0.186. The number of nitrogens with zero attached hydrogens (tertiary/aromatic N) is 2. The molecule has 0 spiro atoms. The van der Waals surface area contributed by atoms with E-state index < -0.39 is 0 Å². The zero-order valence-electron chi connectivity index (χ0n) is 15.1. The molecule has 1 saturated carbocycles. The summed E-state index contributed by atoms with van der Waals surface area (Å²) in [6.45, 7) is 0. The van der Waals surface area contributed by atoms with Gasteiger partial charge in [0.15, 0.2) is 0 Å². The second kappa shape index (κ2) is 8.28. The highest BCUT2D eigenvalue weighted by molar-refractivity contribution is 6.31. The number of carbonyl (C=O) groups excluding carboxylic acids is 1. The number of hydrogen-bond acceptors (Lipinski definition) is 2. The van der Waals surface area contributed by atoms with E-state index in [1.165, 1.54) is 5.57 Å². The Hall–Kier alpha value is -1.81. The molecule has 1 heterocycles. The summed E-state index contributed by atoms with van der Waals surface area (Å²) in [6, 6.07) is 15.2. The number of hydrogen-bond donors (Lipinski definition) is 0. The number of benzene rings is 2. The lowest BCUT2D eigenvalue weighted by molar-refractivity contribution is -0.130. The van der Waals surface area contributed by atoms with Crippen molar-refractivity contribution in [1.82, 2.24) is 5.01 Å². The molecule has 0 unspecified atom stereocenters. The molecule has 1 aliphatic heterocycles. The molecular weight excluding hydrogens is 415 g/mol. The minimum Gasteiger partial charge on any atom is -0.272 e. The van der Waals surface area contributed by atoms with Crippen molar-refractivity contribution < 1.29 is 4.79 Å². The summed E-state index contributed by atoms with van der Waals surface area (Å²) in [5, 5.41) is 7.69. The highest BCUT2D eigenvalue weighted by atomic mass is 35.5. The molecule has 1 fully saturated rings. The lowest BCUT2D eigenvalue weighted by atomic mass is 9.77. The van der Waals surface area contributed by atoms with E-state index in [1.807, 2.05) is 48.5 Å². The van der Waals surface area contributed by atoms with Gasteiger partial charge in [0.1, 0.15) is 5.88 Å². The van der Waals surface area contributed by atoms with Gasteiger partial charge in [-0.15, -0.1) is 11.6 Å². The molecule has 0 N–H and O–H groups in total. The smallest absolute Gasteiger partial charge is 0.258 e. The third-order valence-electron chi connectivity index (χ3n) is 5.29. The van der Waals surface area contributed by atoms with E-state index in [9.17, 15) is 4.79 Å². The highest BCUT2D eigenvalue weighted by Crippen LogP contribution is 2.44. The van der Waals surface area contributed by atoms with E-state index >= 15 is 0 Å². The molecule has 28 heavy (non-hydrogen) atoms. The number of halogens is 3. The second-order valence-corrected chi connectivity index (χ2v) is 8.21. The number of rotatable bonds is 3. The van der Waals surface area contributed by atoms with E-state index in [2.05, 4.69) is 6.08 Å². The Morgan fingerprint density at radius 1 is 1.07 bits per heavy atom. The third kappa shape index (κ3) is 3.84. The standard InChI is InChI=1S/C22H19Cl3N2O/c23-13-20(28)27-22(15-6-10-18(25)11-7-15)19-3-1-2-16(21(19)26-27)12-14-4-8-17(24)9-5-14/h4-12,19,22H,1-3,13H2/b16-12+/t19-,22-/m0/s1. The van der Waals surface area contributed by atoms with E-state index in [0.717, 1.165) is 36.1 Å². The fourth-order valence-electron chi connectivity index (χ4n) is 4.02. The van der Waals surface area contributed by atoms with Crippen molar-refractivity contribution in [1.29, 1.82) is 0 Å². The van der Waals surface area contributed by atoms with Crippen molar-refractivity contribution in [3.63, 3.8) is 0 Å². The summed E-state index contributed by atoms with van der Waals surface area (Å²) in [5.74, 6) is -0.126. The van der Waals surface area contributed by atoms with Crippen LogP contribution in [-0.4, -0.2) is 22.5 Å². The van der Waals surface area contributed by atoms with Gasteiger partial charge in [0.2, 0.25) is 0 Å². The Morgan fingerprint density at radius 3 is 2.36 bits per heavy atom. The molecule has 2 aromatic carbocycles. The topological polar surface area (TPSA) is 32.7 Å². The van der Waals surface area contributed by atoms with Gasteiger partial charge in [0.05, 0.1) is 11.8 Å². The third-order valence-corrected chi connectivity index (χ3v) is 6.03. The van der Waals surface area contributed by atoms with Gasteiger partial charge in [-0.1, -0.05) is 47.5 Å². The fourth-order valence-corrected chi connectivity index (χ4v) is 4.40. The quantitative estimate of drug-likeness (QED) is 0.519. The maximum atomic E-state index is 12.5. The van der Waals surface area contributed by atoms with Crippen LogP contribution in [0.2, 0.25) is 10.0 Å². The molecule has 1 aliphatic carbocycles. The van der Waals surface area contributed by atoms with Gasteiger partial charge >= 0.3 is 0 Å². The molecule has 2 aliphatic rings. The summed E-state index contributed by atoms with van der Waals surface area (Å²) >= 11 is 17.9. The zero-order valence-corrected chi connectivity index (χ0v) is 17.4. The lowest BCUT2D eigenvalue weighted by Gasteiger charge is -2.29. The van der Waals surface area contributed by atoms with Crippen molar-refractivity contribution >= 4 is 52.5 Å². The number of fused-ring (bicyclic) bond motifs is 1. The summed E-state index contributed by atoms with van der Waals surface area (Å²) in [7, 11) is 0. The Balaban J connectivity index is 1.73. The average Bonchev–Trinajstić information content (AvgIpc) is 3.10. The lowest BCUT2D eigenvalue weighted by Crippen LogP contribution is -2.32. The SMILES string of the molecule is O=C(CCl)N1N=C2/C(=C/c3ccc(Cl)cc3)CCC[C@@H]2[C@@H]1c1ccc(Cl)cc1. The van der Waals surface area contributed by atoms with E-state index in [4.69, 9.17) is 39.9 Å². The molecule has 0 radical (unpaired) electrons. The van der Waals surface area contributed by atoms with Crippen molar-refractivity contribution in [3.8, 4) is 0 Å². The molecular formula is C22H19Cl3N2O. The van der Waals surface area contributed by atoms with E-state index in [-0.39, 0.29) is 23.7 Å².